The fraction of sp³-hybridized carbons (Fsp3) is 0.0909. The topological polar surface area (TPSA) is 25.2 Å². The number of furan rings is 1. The fourth-order valence-corrected chi connectivity index (χ4v) is 5.69. The maximum Gasteiger partial charge on any atom is 0.135 e. The van der Waals surface area contributed by atoms with Crippen molar-refractivity contribution in [1.82, 2.24) is 0 Å². The number of hydrogen-bond acceptors (Lipinski definition) is 2. The molecular weight excluding hydrogens is 426 g/mol. The van der Waals surface area contributed by atoms with Crippen molar-refractivity contribution in [3.63, 3.8) is 0 Å². The second-order valence-electron chi connectivity index (χ2n) is 9.91. The van der Waals surface area contributed by atoms with Crippen LogP contribution in [0.4, 0.5) is 11.4 Å². The summed E-state index contributed by atoms with van der Waals surface area (Å²) < 4.78 is 6.04. The molecule has 2 heteroatoms. The standard InChI is InChI=1S/C33H25NO/c1-33(2)28-12-6-3-10-24(28)26-20-22(16-17-29(26)33)34-30-13-7-4-9-23(30)21-15-18-32-27(19-21)25-11-5-8-14-31(25)35-32/h3-20,34H,1-2H3. The molecule has 1 heterocycles. The minimum Gasteiger partial charge on any atom is -0.456 e. The number of rotatable bonds is 3. The van der Waals surface area contributed by atoms with Crippen LogP contribution in [0.15, 0.2) is 114 Å². The van der Waals surface area contributed by atoms with Gasteiger partial charge in [0.15, 0.2) is 0 Å². The summed E-state index contributed by atoms with van der Waals surface area (Å²) in [5, 5.41) is 6.01. The molecule has 0 spiro atoms. The minimum absolute atomic E-state index is 0.0190. The van der Waals surface area contributed by atoms with Crippen LogP contribution in [0.3, 0.4) is 0 Å². The summed E-state index contributed by atoms with van der Waals surface area (Å²) in [6, 6.07) is 38.8. The molecule has 1 aliphatic carbocycles. The van der Waals surface area contributed by atoms with E-state index in [0.29, 0.717) is 0 Å². The van der Waals surface area contributed by atoms with Crippen LogP contribution in [0.2, 0.25) is 0 Å². The molecule has 0 saturated carbocycles. The monoisotopic (exact) mass is 451 g/mol. The van der Waals surface area contributed by atoms with Crippen molar-refractivity contribution >= 4 is 33.3 Å². The van der Waals surface area contributed by atoms with Crippen molar-refractivity contribution < 1.29 is 4.42 Å². The van der Waals surface area contributed by atoms with Crippen molar-refractivity contribution in [2.24, 2.45) is 0 Å². The van der Waals surface area contributed by atoms with Crippen molar-refractivity contribution in [3.05, 3.63) is 120 Å². The maximum atomic E-state index is 6.04. The predicted molar refractivity (Wildman–Crippen MR) is 146 cm³/mol. The van der Waals surface area contributed by atoms with Gasteiger partial charge in [0.1, 0.15) is 11.2 Å². The van der Waals surface area contributed by atoms with Crippen LogP contribution in [0.5, 0.6) is 0 Å². The van der Waals surface area contributed by atoms with E-state index in [0.717, 1.165) is 33.3 Å². The highest BCUT2D eigenvalue weighted by atomic mass is 16.3. The Labute approximate surface area is 204 Å². The van der Waals surface area contributed by atoms with Gasteiger partial charge < -0.3 is 9.73 Å². The van der Waals surface area contributed by atoms with Gasteiger partial charge in [-0.05, 0) is 64.2 Å². The van der Waals surface area contributed by atoms with E-state index in [-0.39, 0.29) is 5.41 Å². The van der Waals surface area contributed by atoms with Crippen LogP contribution in [0.25, 0.3) is 44.2 Å². The first kappa shape index (κ1) is 20.1. The summed E-state index contributed by atoms with van der Waals surface area (Å²) >= 11 is 0. The largest absolute Gasteiger partial charge is 0.456 e. The van der Waals surface area contributed by atoms with E-state index in [4.69, 9.17) is 4.42 Å². The summed E-state index contributed by atoms with van der Waals surface area (Å²) in [7, 11) is 0. The van der Waals surface area contributed by atoms with Gasteiger partial charge in [0.25, 0.3) is 0 Å². The lowest BCUT2D eigenvalue weighted by Gasteiger charge is -2.21. The molecule has 0 bridgehead atoms. The molecule has 2 nitrogen and oxygen atoms in total. The highest BCUT2D eigenvalue weighted by Gasteiger charge is 2.35. The normalized spacial score (nSPS) is 13.7. The second kappa shape index (κ2) is 7.35. The summed E-state index contributed by atoms with van der Waals surface area (Å²) in [5.41, 5.74) is 11.8. The lowest BCUT2D eigenvalue weighted by molar-refractivity contribution is 0.660. The number of para-hydroxylation sites is 2. The lowest BCUT2D eigenvalue weighted by Crippen LogP contribution is -2.14. The highest BCUT2D eigenvalue weighted by molar-refractivity contribution is 6.06. The number of hydrogen-bond donors (Lipinski definition) is 1. The first-order valence-electron chi connectivity index (χ1n) is 12.1. The molecule has 0 radical (unpaired) electrons. The van der Waals surface area contributed by atoms with Gasteiger partial charge in [0.05, 0.1) is 0 Å². The van der Waals surface area contributed by atoms with E-state index in [9.17, 15) is 0 Å². The Morgan fingerprint density at radius 1 is 0.571 bits per heavy atom. The molecule has 0 unspecified atom stereocenters. The maximum absolute atomic E-state index is 6.04. The molecule has 0 fully saturated rings. The van der Waals surface area contributed by atoms with Gasteiger partial charge in [-0.3, -0.25) is 0 Å². The third-order valence-electron chi connectivity index (χ3n) is 7.48. The molecule has 35 heavy (non-hydrogen) atoms. The van der Waals surface area contributed by atoms with Crippen LogP contribution in [0, 0.1) is 0 Å². The molecule has 1 N–H and O–H groups in total. The third kappa shape index (κ3) is 3.03. The van der Waals surface area contributed by atoms with Crippen molar-refractivity contribution in [2.45, 2.75) is 19.3 Å². The molecule has 168 valence electrons. The average molecular weight is 452 g/mol. The van der Waals surface area contributed by atoms with Crippen LogP contribution in [0.1, 0.15) is 25.0 Å². The Balaban J connectivity index is 1.31. The number of anilines is 2. The minimum atomic E-state index is 0.0190. The van der Waals surface area contributed by atoms with Crippen LogP contribution < -0.4 is 5.32 Å². The van der Waals surface area contributed by atoms with Gasteiger partial charge in [0, 0.05) is 33.1 Å². The molecular formula is C33H25NO. The Hall–Kier alpha value is -4.30. The first-order valence-corrected chi connectivity index (χ1v) is 12.1. The predicted octanol–water partition coefficient (Wildman–Crippen LogP) is 9.30. The summed E-state index contributed by atoms with van der Waals surface area (Å²) in [5.74, 6) is 0. The number of fused-ring (bicyclic) bond motifs is 6. The van der Waals surface area contributed by atoms with E-state index in [1.165, 1.54) is 33.4 Å². The fourth-order valence-electron chi connectivity index (χ4n) is 5.69. The summed E-state index contributed by atoms with van der Waals surface area (Å²) in [4.78, 5) is 0. The van der Waals surface area contributed by atoms with Crippen LogP contribution >= 0.6 is 0 Å². The Kier molecular flexibility index (Phi) is 4.22. The van der Waals surface area contributed by atoms with Gasteiger partial charge >= 0.3 is 0 Å². The zero-order chi connectivity index (χ0) is 23.6. The van der Waals surface area contributed by atoms with Gasteiger partial charge in [0.2, 0.25) is 0 Å². The second-order valence-corrected chi connectivity index (χ2v) is 9.91. The van der Waals surface area contributed by atoms with E-state index in [1.54, 1.807) is 0 Å². The molecule has 6 aromatic rings. The van der Waals surface area contributed by atoms with E-state index in [2.05, 4.69) is 116 Å². The Morgan fingerprint density at radius 2 is 1.29 bits per heavy atom. The molecule has 7 rings (SSSR count). The molecule has 5 aromatic carbocycles. The van der Waals surface area contributed by atoms with Crippen LogP contribution in [-0.2, 0) is 5.41 Å². The van der Waals surface area contributed by atoms with Gasteiger partial charge in [-0.1, -0.05) is 86.6 Å². The molecule has 1 aliphatic rings. The van der Waals surface area contributed by atoms with Gasteiger partial charge in [-0.15, -0.1) is 0 Å². The Bertz CT molecular complexity index is 1750. The molecule has 0 aliphatic heterocycles. The SMILES string of the molecule is CC1(C)c2ccccc2-c2cc(Nc3ccccc3-c3ccc4oc5ccccc5c4c3)ccc21. The van der Waals surface area contributed by atoms with E-state index in [1.807, 2.05) is 12.1 Å². The van der Waals surface area contributed by atoms with Gasteiger partial charge in [-0.25, -0.2) is 0 Å². The van der Waals surface area contributed by atoms with Gasteiger partial charge in [-0.2, -0.15) is 0 Å². The number of benzene rings is 5. The smallest absolute Gasteiger partial charge is 0.135 e. The summed E-state index contributed by atoms with van der Waals surface area (Å²) in [6.45, 7) is 4.63. The summed E-state index contributed by atoms with van der Waals surface area (Å²) in [6.07, 6.45) is 0. The first-order chi connectivity index (χ1) is 17.1. The zero-order valence-corrected chi connectivity index (χ0v) is 19.8. The zero-order valence-electron chi connectivity index (χ0n) is 19.8. The highest BCUT2D eigenvalue weighted by Crippen LogP contribution is 2.49. The quantitative estimate of drug-likeness (QED) is 0.290. The van der Waals surface area contributed by atoms with E-state index >= 15 is 0 Å². The van der Waals surface area contributed by atoms with E-state index < -0.39 is 0 Å². The molecule has 0 saturated heterocycles. The molecule has 0 atom stereocenters. The third-order valence-corrected chi connectivity index (χ3v) is 7.48. The lowest BCUT2D eigenvalue weighted by atomic mass is 9.82. The molecule has 1 aromatic heterocycles. The Morgan fingerprint density at radius 3 is 2.20 bits per heavy atom. The van der Waals surface area contributed by atoms with Crippen LogP contribution in [-0.4, -0.2) is 0 Å². The molecule has 0 amide bonds. The average Bonchev–Trinajstić information content (AvgIpc) is 3.37. The van der Waals surface area contributed by atoms with Crippen molar-refractivity contribution in [1.29, 1.82) is 0 Å². The van der Waals surface area contributed by atoms with Crippen molar-refractivity contribution in [3.8, 4) is 22.3 Å². The van der Waals surface area contributed by atoms with Crippen molar-refractivity contribution in [2.75, 3.05) is 5.32 Å². The number of nitrogens with one attached hydrogen (secondary N) is 1.